The minimum Gasteiger partial charge on any atom is -0.337 e. The molecule has 2 atom stereocenters. The van der Waals surface area contributed by atoms with E-state index in [1.54, 1.807) is 12.4 Å². The third kappa shape index (κ3) is 4.57. The van der Waals surface area contributed by atoms with Crippen LogP contribution in [-0.4, -0.2) is 35.0 Å². The Bertz CT molecular complexity index is 704. The lowest BCUT2D eigenvalue weighted by Crippen LogP contribution is -2.47. The Kier molecular flexibility index (Phi) is 5.66. The lowest BCUT2D eigenvalue weighted by molar-refractivity contribution is 0.184. The number of fused-ring (bicyclic) bond motifs is 1. The van der Waals surface area contributed by atoms with Crippen molar-refractivity contribution in [3.8, 4) is 0 Å². The molecule has 0 saturated heterocycles. The number of amides is 2. The number of nitrogens with one attached hydrogen (secondary N) is 2. The fourth-order valence-electron chi connectivity index (χ4n) is 3.23. The summed E-state index contributed by atoms with van der Waals surface area (Å²) in [6, 6.07) is 12.5. The molecule has 2 heterocycles. The number of carbonyl (C=O) groups is 1. The van der Waals surface area contributed by atoms with Gasteiger partial charge < -0.3 is 10.6 Å². The molecule has 2 amide bonds. The van der Waals surface area contributed by atoms with Crippen molar-refractivity contribution in [2.45, 2.75) is 38.9 Å². The highest BCUT2D eigenvalue weighted by molar-refractivity contribution is 5.74. The SMILES string of the molecule is C[C@H](NC(=O)NC[C@@H](C)N1CCc2ccccc2C1)c1cccnc1. The molecular weight excluding hydrogens is 312 g/mol. The van der Waals surface area contributed by atoms with Crippen LogP contribution < -0.4 is 10.6 Å². The van der Waals surface area contributed by atoms with E-state index in [2.05, 4.69) is 51.7 Å². The van der Waals surface area contributed by atoms with Gasteiger partial charge in [0.2, 0.25) is 0 Å². The summed E-state index contributed by atoms with van der Waals surface area (Å²) in [5.74, 6) is 0. The summed E-state index contributed by atoms with van der Waals surface area (Å²) >= 11 is 0. The van der Waals surface area contributed by atoms with Gasteiger partial charge in [-0.05, 0) is 43.0 Å². The van der Waals surface area contributed by atoms with E-state index in [9.17, 15) is 4.79 Å². The zero-order valence-corrected chi connectivity index (χ0v) is 14.9. The van der Waals surface area contributed by atoms with E-state index in [1.807, 2.05) is 19.1 Å². The van der Waals surface area contributed by atoms with E-state index in [0.29, 0.717) is 12.6 Å². The number of nitrogens with zero attached hydrogens (tertiary/aromatic N) is 2. The predicted molar refractivity (Wildman–Crippen MR) is 99.2 cm³/mol. The molecule has 0 fully saturated rings. The van der Waals surface area contributed by atoms with E-state index < -0.39 is 0 Å². The smallest absolute Gasteiger partial charge is 0.315 e. The predicted octanol–water partition coefficient (Wildman–Crippen LogP) is 2.89. The second kappa shape index (κ2) is 8.12. The number of hydrogen-bond donors (Lipinski definition) is 2. The second-order valence-electron chi connectivity index (χ2n) is 6.70. The molecule has 0 radical (unpaired) electrons. The first-order valence-electron chi connectivity index (χ1n) is 8.88. The molecule has 25 heavy (non-hydrogen) atoms. The zero-order valence-electron chi connectivity index (χ0n) is 14.9. The third-order valence-electron chi connectivity index (χ3n) is 4.87. The highest BCUT2D eigenvalue weighted by atomic mass is 16.2. The van der Waals surface area contributed by atoms with Crippen molar-refractivity contribution in [1.82, 2.24) is 20.5 Å². The molecule has 3 rings (SSSR count). The number of rotatable bonds is 5. The van der Waals surface area contributed by atoms with Crippen LogP contribution in [0, 0.1) is 0 Å². The summed E-state index contributed by atoms with van der Waals surface area (Å²) < 4.78 is 0. The van der Waals surface area contributed by atoms with Gasteiger partial charge in [-0.2, -0.15) is 0 Å². The molecule has 0 unspecified atom stereocenters. The van der Waals surface area contributed by atoms with Crippen molar-refractivity contribution in [2.75, 3.05) is 13.1 Å². The maximum absolute atomic E-state index is 12.2. The Morgan fingerprint density at radius 1 is 1.20 bits per heavy atom. The van der Waals surface area contributed by atoms with Gasteiger partial charge in [0.1, 0.15) is 0 Å². The number of benzene rings is 1. The van der Waals surface area contributed by atoms with E-state index in [-0.39, 0.29) is 12.1 Å². The van der Waals surface area contributed by atoms with Gasteiger partial charge in [0.15, 0.2) is 0 Å². The van der Waals surface area contributed by atoms with Gasteiger partial charge >= 0.3 is 6.03 Å². The van der Waals surface area contributed by atoms with Crippen LogP contribution in [0.2, 0.25) is 0 Å². The van der Waals surface area contributed by atoms with Crippen LogP contribution in [0.5, 0.6) is 0 Å². The Hall–Kier alpha value is -2.40. The monoisotopic (exact) mass is 338 g/mol. The fraction of sp³-hybridized carbons (Fsp3) is 0.400. The Morgan fingerprint density at radius 3 is 2.76 bits per heavy atom. The van der Waals surface area contributed by atoms with Crippen LogP contribution in [0.15, 0.2) is 48.8 Å². The largest absolute Gasteiger partial charge is 0.337 e. The van der Waals surface area contributed by atoms with Gasteiger partial charge in [0.05, 0.1) is 6.04 Å². The molecule has 0 bridgehead atoms. The molecule has 0 spiro atoms. The van der Waals surface area contributed by atoms with Gasteiger partial charge in [-0.3, -0.25) is 9.88 Å². The Balaban J connectivity index is 1.46. The molecule has 0 aliphatic carbocycles. The van der Waals surface area contributed by atoms with Gasteiger partial charge in [0.25, 0.3) is 0 Å². The van der Waals surface area contributed by atoms with Crippen LogP contribution >= 0.6 is 0 Å². The summed E-state index contributed by atoms with van der Waals surface area (Å²) in [6.45, 7) is 6.74. The van der Waals surface area contributed by atoms with Crippen molar-refractivity contribution in [2.24, 2.45) is 0 Å². The first-order chi connectivity index (χ1) is 12.1. The normalized spacial score (nSPS) is 16.6. The first-order valence-corrected chi connectivity index (χ1v) is 8.88. The van der Waals surface area contributed by atoms with Gasteiger partial charge in [-0.1, -0.05) is 30.3 Å². The number of carbonyl (C=O) groups excluding carboxylic acids is 1. The molecule has 1 aromatic heterocycles. The van der Waals surface area contributed by atoms with Crippen molar-refractivity contribution in [1.29, 1.82) is 0 Å². The number of urea groups is 1. The second-order valence-corrected chi connectivity index (χ2v) is 6.70. The third-order valence-corrected chi connectivity index (χ3v) is 4.87. The van der Waals surface area contributed by atoms with Gasteiger partial charge in [-0.15, -0.1) is 0 Å². The Morgan fingerprint density at radius 2 is 2.00 bits per heavy atom. The molecule has 5 nitrogen and oxygen atoms in total. The molecule has 1 aliphatic heterocycles. The standard InChI is InChI=1S/C20H26N4O/c1-15(24-11-9-17-6-3-4-7-19(17)14-24)12-22-20(25)23-16(2)18-8-5-10-21-13-18/h3-8,10,13,15-16H,9,11-12,14H2,1-2H3,(H2,22,23,25)/t15-,16+/m1/s1. The summed E-state index contributed by atoms with van der Waals surface area (Å²) in [6.07, 6.45) is 4.58. The molecule has 2 aromatic rings. The van der Waals surface area contributed by atoms with E-state index >= 15 is 0 Å². The van der Waals surface area contributed by atoms with Crippen molar-refractivity contribution in [3.05, 3.63) is 65.5 Å². The van der Waals surface area contributed by atoms with Gasteiger partial charge in [-0.25, -0.2) is 4.79 Å². The van der Waals surface area contributed by atoms with E-state index in [4.69, 9.17) is 0 Å². The minimum atomic E-state index is -0.138. The summed E-state index contributed by atoms with van der Waals surface area (Å²) in [5, 5.41) is 5.95. The highest BCUT2D eigenvalue weighted by Crippen LogP contribution is 2.20. The zero-order chi connectivity index (χ0) is 17.6. The molecule has 1 aromatic carbocycles. The quantitative estimate of drug-likeness (QED) is 0.881. The molecule has 132 valence electrons. The maximum Gasteiger partial charge on any atom is 0.315 e. The number of aromatic nitrogens is 1. The van der Waals surface area contributed by atoms with Crippen molar-refractivity contribution in [3.63, 3.8) is 0 Å². The molecule has 2 N–H and O–H groups in total. The van der Waals surface area contributed by atoms with Crippen LogP contribution in [0.25, 0.3) is 0 Å². The van der Waals surface area contributed by atoms with Crippen molar-refractivity contribution >= 4 is 6.03 Å². The van der Waals surface area contributed by atoms with Crippen LogP contribution in [0.3, 0.4) is 0 Å². The topological polar surface area (TPSA) is 57.3 Å². The lowest BCUT2D eigenvalue weighted by Gasteiger charge is -2.33. The van der Waals surface area contributed by atoms with E-state index in [0.717, 1.165) is 25.1 Å². The summed E-state index contributed by atoms with van der Waals surface area (Å²) in [5.41, 5.74) is 3.84. The average Bonchev–Trinajstić information content (AvgIpc) is 2.66. The maximum atomic E-state index is 12.2. The number of pyridine rings is 1. The van der Waals surface area contributed by atoms with Gasteiger partial charge in [0, 0.05) is 38.1 Å². The first kappa shape index (κ1) is 17.4. The molecular formula is C20H26N4O. The average molecular weight is 338 g/mol. The summed E-state index contributed by atoms with van der Waals surface area (Å²) in [7, 11) is 0. The van der Waals surface area contributed by atoms with E-state index in [1.165, 1.54) is 11.1 Å². The molecule has 1 aliphatic rings. The summed E-state index contributed by atoms with van der Waals surface area (Å²) in [4.78, 5) is 18.7. The van der Waals surface area contributed by atoms with Crippen LogP contribution in [0.4, 0.5) is 4.79 Å². The van der Waals surface area contributed by atoms with Crippen LogP contribution in [-0.2, 0) is 13.0 Å². The minimum absolute atomic E-state index is 0.0640. The molecule has 5 heteroatoms. The lowest BCUT2D eigenvalue weighted by atomic mass is 9.99. The number of hydrogen-bond acceptors (Lipinski definition) is 3. The highest BCUT2D eigenvalue weighted by Gasteiger charge is 2.20. The van der Waals surface area contributed by atoms with Crippen LogP contribution in [0.1, 0.15) is 36.6 Å². The Labute approximate surface area is 149 Å². The molecule has 0 saturated carbocycles. The fourth-order valence-corrected chi connectivity index (χ4v) is 3.23. The van der Waals surface area contributed by atoms with Crippen molar-refractivity contribution < 1.29 is 4.79 Å².